The van der Waals surface area contributed by atoms with E-state index in [0.29, 0.717) is 0 Å². The Labute approximate surface area is 115 Å². The van der Waals surface area contributed by atoms with Crippen molar-refractivity contribution in [1.82, 2.24) is 14.9 Å². The Morgan fingerprint density at radius 3 is 2.89 bits per heavy atom. The molecule has 4 heteroatoms. The molecule has 0 saturated carbocycles. The number of hydrogen-bond acceptors (Lipinski definition) is 3. The van der Waals surface area contributed by atoms with E-state index in [1.54, 1.807) is 6.33 Å². The van der Waals surface area contributed by atoms with E-state index in [1.165, 1.54) is 16.8 Å². The van der Waals surface area contributed by atoms with E-state index in [-0.39, 0.29) is 0 Å². The Bertz CT molecular complexity index is 539. The van der Waals surface area contributed by atoms with Gasteiger partial charge in [-0.1, -0.05) is 28.1 Å². The predicted octanol–water partition coefficient (Wildman–Crippen LogP) is 2.80. The molecule has 0 bridgehead atoms. The first kappa shape index (κ1) is 11.8. The number of benzene rings is 1. The monoisotopic (exact) mass is 303 g/mol. The maximum absolute atomic E-state index is 4.33. The van der Waals surface area contributed by atoms with Gasteiger partial charge in [-0.25, -0.2) is 9.97 Å². The first-order valence-electron chi connectivity index (χ1n) is 6.06. The molecule has 2 aromatic rings. The number of fused-ring (bicyclic) bond motifs is 1. The van der Waals surface area contributed by atoms with Crippen molar-refractivity contribution in [3.05, 3.63) is 58.1 Å². The largest absolute Gasteiger partial charge is 0.294 e. The van der Waals surface area contributed by atoms with Crippen LogP contribution in [0, 0.1) is 0 Å². The Hall–Kier alpha value is -1.26. The van der Waals surface area contributed by atoms with Crippen molar-refractivity contribution in [3.8, 4) is 0 Å². The Kier molecular flexibility index (Phi) is 3.39. The average Bonchev–Trinajstić information content (AvgIpc) is 2.41. The number of halogens is 1. The van der Waals surface area contributed by atoms with E-state index in [2.05, 4.69) is 55.1 Å². The minimum Gasteiger partial charge on any atom is -0.294 e. The van der Waals surface area contributed by atoms with Gasteiger partial charge in [0.05, 0.1) is 0 Å². The summed E-state index contributed by atoms with van der Waals surface area (Å²) < 4.78 is 1.13. The van der Waals surface area contributed by atoms with Crippen LogP contribution in [-0.4, -0.2) is 21.4 Å². The highest BCUT2D eigenvalue weighted by atomic mass is 79.9. The van der Waals surface area contributed by atoms with Crippen LogP contribution in [0.5, 0.6) is 0 Å². The maximum Gasteiger partial charge on any atom is 0.115 e. The van der Waals surface area contributed by atoms with Crippen LogP contribution in [0.3, 0.4) is 0 Å². The molecule has 92 valence electrons. The second-order valence-electron chi connectivity index (χ2n) is 4.58. The van der Waals surface area contributed by atoms with Gasteiger partial charge >= 0.3 is 0 Å². The summed E-state index contributed by atoms with van der Waals surface area (Å²) in [6, 6.07) is 8.52. The summed E-state index contributed by atoms with van der Waals surface area (Å²) >= 11 is 3.46. The molecule has 0 atom stereocenters. The summed E-state index contributed by atoms with van der Waals surface area (Å²) in [7, 11) is 0. The van der Waals surface area contributed by atoms with Crippen molar-refractivity contribution in [3.63, 3.8) is 0 Å². The molecule has 1 aromatic carbocycles. The third-order valence-corrected chi connectivity index (χ3v) is 3.79. The summed E-state index contributed by atoms with van der Waals surface area (Å²) in [5.41, 5.74) is 3.82. The number of nitrogens with zero attached hydrogens (tertiary/aromatic N) is 3. The van der Waals surface area contributed by atoms with Crippen molar-refractivity contribution in [1.29, 1.82) is 0 Å². The highest BCUT2D eigenvalue weighted by molar-refractivity contribution is 9.10. The molecule has 0 amide bonds. The molecule has 1 aliphatic rings. The molecule has 2 heterocycles. The summed E-state index contributed by atoms with van der Waals surface area (Å²) in [5, 5.41) is 0. The predicted molar refractivity (Wildman–Crippen MR) is 74.0 cm³/mol. The van der Waals surface area contributed by atoms with Gasteiger partial charge in [-0.2, -0.15) is 0 Å². The summed E-state index contributed by atoms with van der Waals surface area (Å²) in [4.78, 5) is 10.9. The fourth-order valence-electron chi connectivity index (χ4n) is 2.31. The summed E-state index contributed by atoms with van der Waals surface area (Å²) in [5.74, 6) is 0. The van der Waals surface area contributed by atoms with Crippen molar-refractivity contribution < 1.29 is 0 Å². The zero-order valence-corrected chi connectivity index (χ0v) is 11.6. The summed E-state index contributed by atoms with van der Waals surface area (Å²) in [6.07, 6.45) is 4.60. The van der Waals surface area contributed by atoms with Crippen LogP contribution in [0.4, 0.5) is 0 Å². The molecular formula is C14H14BrN3. The SMILES string of the molecule is Brc1ccc(CN2CCc3ncncc3C2)cc1. The lowest BCUT2D eigenvalue weighted by molar-refractivity contribution is 0.243. The minimum atomic E-state index is 0.951. The third-order valence-electron chi connectivity index (χ3n) is 3.26. The van der Waals surface area contributed by atoms with Gasteiger partial charge in [-0.3, -0.25) is 4.90 Å². The van der Waals surface area contributed by atoms with Crippen molar-refractivity contribution in [2.24, 2.45) is 0 Å². The molecule has 0 spiro atoms. The number of hydrogen-bond donors (Lipinski definition) is 0. The van der Waals surface area contributed by atoms with Gasteiger partial charge in [0.25, 0.3) is 0 Å². The van der Waals surface area contributed by atoms with E-state index in [0.717, 1.165) is 30.5 Å². The van der Waals surface area contributed by atoms with Gasteiger partial charge in [0.1, 0.15) is 6.33 Å². The zero-order valence-electron chi connectivity index (χ0n) is 10.0. The van der Waals surface area contributed by atoms with Crippen molar-refractivity contribution >= 4 is 15.9 Å². The second-order valence-corrected chi connectivity index (χ2v) is 5.50. The smallest absolute Gasteiger partial charge is 0.115 e. The van der Waals surface area contributed by atoms with Crippen molar-refractivity contribution in [2.75, 3.05) is 6.54 Å². The van der Waals surface area contributed by atoms with Crippen molar-refractivity contribution in [2.45, 2.75) is 19.5 Å². The molecular weight excluding hydrogens is 290 g/mol. The van der Waals surface area contributed by atoms with Crippen LogP contribution in [-0.2, 0) is 19.5 Å². The molecule has 0 N–H and O–H groups in total. The van der Waals surface area contributed by atoms with E-state index in [1.807, 2.05) is 6.20 Å². The molecule has 0 unspecified atom stereocenters. The Morgan fingerprint density at radius 2 is 2.06 bits per heavy atom. The first-order valence-corrected chi connectivity index (χ1v) is 6.85. The van der Waals surface area contributed by atoms with Crippen LogP contribution in [0.15, 0.2) is 41.3 Å². The van der Waals surface area contributed by atoms with Gasteiger partial charge in [-0.05, 0) is 17.7 Å². The molecule has 0 aliphatic carbocycles. The normalized spacial score (nSPS) is 15.4. The van der Waals surface area contributed by atoms with Crippen LogP contribution in [0.1, 0.15) is 16.8 Å². The van der Waals surface area contributed by atoms with E-state index < -0.39 is 0 Å². The fourth-order valence-corrected chi connectivity index (χ4v) is 2.57. The van der Waals surface area contributed by atoms with E-state index in [4.69, 9.17) is 0 Å². The molecule has 3 nitrogen and oxygen atoms in total. The highest BCUT2D eigenvalue weighted by Gasteiger charge is 2.16. The Morgan fingerprint density at radius 1 is 1.22 bits per heavy atom. The van der Waals surface area contributed by atoms with Crippen LogP contribution in [0.25, 0.3) is 0 Å². The lowest BCUT2D eigenvalue weighted by Gasteiger charge is -2.27. The zero-order chi connectivity index (χ0) is 12.4. The summed E-state index contributed by atoms with van der Waals surface area (Å²) in [6.45, 7) is 3.01. The van der Waals surface area contributed by atoms with Gasteiger partial charge in [0.15, 0.2) is 0 Å². The fraction of sp³-hybridized carbons (Fsp3) is 0.286. The molecule has 0 fully saturated rings. The average molecular weight is 304 g/mol. The molecule has 0 radical (unpaired) electrons. The van der Waals surface area contributed by atoms with Gasteiger partial charge < -0.3 is 0 Å². The van der Waals surface area contributed by atoms with Gasteiger partial charge in [0.2, 0.25) is 0 Å². The number of rotatable bonds is 2. The quantitative estimate of drug-likeness (QED) is 0.854. The van der Waals surface area contributed by atoms with Gasteiger partial charge in [0, 0.05) is 48.0 Å². The van der Waals surface area contributed by atoms with Gasteiger partial charge in [-0.15, -0.1) is 0 Å². The molecule has 1 aromatic heterocycles. The second kappa shape index (κ2) is 5.16. The van der Waals surface area contributed by atoms with Crippen LogP contribution >= 0.6 is 15.9 Å². The number of aromatic nitrogens is 2. The minimum absolute atomic E-state index is 0.951. The lowest BCUT2D eigenvalue weighted by Crippen LogP contribution is -2.30. The molecule has 3 rings (SSSR count). The lowest BCUT2D eigenvalue weighted by atomic mass is 10.1. The molecule has 1 aliphatic heterocycles. The van der Waals surface area contributed by atoms with E-state index >= 15 is 0 Å². The van der Waals surface area contributed by atoms with Crippen LogP contribution < -0.4 is 0 Å². The first-order chi connectivity index (χ1) is 8.81. The maximum atomic E-state index is 4.33. The molecule has 0 saturated heterocycles. The highest BCUT2D eigenvalue weighted by Crippen LogP contribution is 2.18. The third kappa shape index (κ3) is 2.60. The standard InChI is InChI=1S/C14H14BrN3/c15-13-3-1-11(2-4-13)8-18-6-5-14-12(9-18)7-16-10-17-14/h1-4,7,10H,5-6,8-9H2. The topological polar surface area (TPSA) is 29.0 Å². The van der Waals surface area contributed by atoms with Crippen LogP contribution in [0.2, 0.25) is 0 Å². The Balaban J connectivity index is 1.71. The molecule has 18 heavy (non-hydrogen) atoms. The van der Waals surface area contributed by atoms with E-state index in [9.17, 15) is 0 Å².